The zero-order valence-electron chi connectivity index (χ0n) is 8.77. The van der Waals surface area contributed by atoms with Gasteiger partial charge in [-0.05, 0) is 12.5 Å². The van der Waals surface area contributed by atoms with E-state index in [4.69, 9.17) is 5.73 Å². The van der Waals surface area contributed by atoms with Crippen molar-refractivity contribution in [1.82, 2.24) is 10.2 Å². The van der Waals surface area contributed by atoms with Gasteiger partial charge in [-0.15, -0.1) is 29.9 Å². The molecule has 1 aromatic heterocycles. The Morgan fingerprint density at radius 3 is 2.73 bits per heavy atom. The molecule has 1 rings (SSSR count). The second-order valence-corrected chi connectivity index (χ2v) is 2.89. The Morgan fingerprint density at radius 2 is 2.13 bits per heavy atom. The molecule has 0 radical (unpaired) electrons. The van der Waals surface area contributed by atoms with Gasteiger partial charge < -0.3 is 11.1 Å². The molecule has 15 heavy (non-hydrogen) atoms. The Balaban J connectivity index is 0. The van der Waals surface area contributed by atoms with Gasteiger partial charge >= 0.3 is 0 Å². The lowest BCUT2D eigenvalue weighted by Gasteiger charge is -2.07. The van der Waals surface area contributed by atoms with Gasteiger partial charge in [-0.3, -0.25) is 0 Å². The zero-order chi connectivity index (χ0) is 9.52. The molecular formula is C9H18Cl2N4. The summed E-state index contributed by atoms with van der Waals surface area (Å²) in [6.07, 6.45) is 3.97. The fourth-order valence-electron chi connectivity index (χ4n) is 1.05. The molecule has 0 aromatic carbocycles. The summed E-state index contributed by atoms with van der Waals surface area (Å²) in [5.41, 5.74) is 6.57. The zero-order valence-corrected chi connectivity index (χ0v) is 10.4. The standard InChI is InChI=1S/C9H16N4.2ClH/c1-2-3-5-11-9-8(7-10)4-6-12-13-9;;/h4,6H,2-3,5,7,10H2,1H3,(H,11,13);2*1H. The van der Waals surface area contributed by atoms with Gasteiger partial charge in [0.25, 0.3) is 0 Å². The van der Waals surface area contributed by atoms with Crippen molar-refractivity contribution in [2.24, 2.45) is 5.73 Å². The molecule has 3 N–H and O–H groups in total. The van der Waals surface area contributed by atoms with Crippen LogP contribution in [0.2, 0.25) is 0 Å². The summed E-state index contributed by atoms with van der Waals surface area (Å²) in [7, 11) is 0. The molecule has 6 heteroatoms. The van der Waals surface area contributed by atoms with E-state index in [1.54, 1.807) is 6.20 Å². The van der Waals surface area contributed by atoms with Gasteiger partial charge in [0.2, 0.25) is 0 Å². The van der Waals surface area contributed by atoms with Gasteiger partial charge in [0.1, 0.15) is 0 Å². The summed E-state index contributed by atoms with van der Waals surface area (Å²) in [6, 6.07) is 1.89. The highest BCUT2D eigenvalue weighted by Gasteiger charge is 1.99. The average Bonchev–Trinajstić information content (AvgIpc) is 2.19. The minimum atomic E-state index is 0. The number of unbranched alkanes of at least 4 members (excludes halogenated alkanes) is 1. The SMILES string of the molecule is CCCCNc1nnccc1CN.Cl.Cl. The van der Waals surface area contributed by atoms with Crippen LogP contribution in [0.5, 0.6) is 0 Å². The van der Waals surface area contributed by atoms with Crippen LogP contribution in [0.25, 0.3) is 0 Å². The first-order valence-electron chi connectivity index (χ1n) is 4.63. The number of hydrogen-bond donors (Lipinski definition) is 2. The summed E-state index contributed by atoms with van der Waals surface area (Å²) in [5.74, 6) is 0.818. The number of nitrogens with one attached hydrogen (secondary N) is 1. The minimum absolute atomic E-state index is 0. The maximum atomic E-state index is 5.55. The van der Waals surface area contributed by atoms with E-state index >= 15 is 0 Å². The van der Waals surface area contributed by atoms with E-state index in [1.165, 1.54) is 6.42 Å². The molecular weight excluding hydrogens is 235 g/mol. The van der Waals surface area contributed by atoms with Crippen molar-refractivity contribution in [2.75, 3.05) is 11.9 Å². The predicted octanol–water partition coefficient (Wildman–Crippen LogP) is 1.99. The van der Waals surface area contributed by atoms with Crippen LogP contribution >= 0.6 is 24.8 Å². The third-order valence-electron chi connectivity index (χ3n) is 1.85. The minimum Gasteiger partial charge on any atom is -0.368 e. The van der Waals surface area contributed by atoms with Crippen LogP contribution in [0.3, 0.4) is 0 Å². The van der Waals surface area contributed by atoms with Gasteiger partial charge in [0, 0.05) is 18.7 Å². The highest BCUT2D eigenvalue weighted by Crippen LogP contribution is 2.08. The van der Waals surface area contributed by atoms with Crippen molar-refractivity contribution in [3.8, 4) is 0 Å². The third-order valence-corrected chi connectivity index (χ3v) is 1.85. The lowest BCUT2D eigenvalue weighted by Crippen LogP contribution is -2.09. The number of hydrogen-bond acceptors (Lipinski definition) is 4. The Kier molecular flexibility index (Phi) is 11.2. The normalized spacial score (nSPS) is 8.67. The first kappa shape index (κ1) is 16.8. The molecule has 0 spiro atoms. The highest BCUT2D eigenvalue weighted by molar-refractivity contribution is 5.85. The summed E-state index contributed by atoms with van der Waals surface area (Å²) in [6.45, 7) is 3.59. The molecule has 0 saturated carbocycles. The van der Waals surface area contributed by atoms with E-state index in [0.29, 0.717) is 6.54 Å². The number of halogens is 2. The Labute approximate surface area is 103 Å². The van der Waals surface area contributed by atoms with E-state index in [1.807, 2.05) is 6.07 Å². The van der Waals surface area contributed by atoms with E-state index < -0.39 is 0 Å². The second kappa shape index (κ2) is 9.96. The van der Waals surface area contributed by atoms with Gasteiger partial charge in [-0.25, -0.2) is 0 Å². The number of anilines is 1. The van der Waals surface area contributed by atoms with E-state index in [0.717, 1.165) is 24.3 Å². The molecule has 0 bridgehead atoms. The largest absolute Gasteiger partial charge is 0.368 e. The number of nitrogens with two attached hydrogens (primary N) is 1. The first-order chi connectivity index (χ1) is 6.38. The van der Waals surface area contributed by atoms with E-state index in [9.17, 15) is 0 Å². The lowest BCUT2D eigenvalue weighted by molar-refractivity contribution is 0.822. The van der Waals surface area contributed by atoms with Crippen LogP contribution in [0.1, 0.15) is 25.3 Å². The van der Waals surface area contributed by atoms with Gasteiger partial charge in [0.05, 0.1) is 6.20 Å². The Morgan fingerprint density at radius 1 is 1.40 bits per heavy atom. The molecule has 0 saturated heterocycles. The van der Waals surface area contributed by atoms with Crippen LogP contribution in [-0.2, 0) is 6.54 Å². The van der Waals surface area contributed by atoms with Crippen molar-refractivity contribution in [3.63, 3.8) is 0 Å². The van der Waals surface area contributed by atoms with Crippen LogP contribution in [-0.4, -0.2) is 16.7 Å². The number of nitrogens with zero attached hydrogens (tertiary/aromatic N) is 2. The molecule has 88 valence electrons. The lowest BCUT2D eigenvalue weighted by atomic mass is 10.2. The van der Waals surface area contributed by atoms with Gasteiger partial charge in [0.15, 0.2) is 5.82 Å². The van der Waals surface area contributed by atoms with E-state index in [2.05, 4.69) is 22.4 Å². The van der Waals surface area contributed by atoms with Crippen LogP contribution in [0.4, 0.5) is 5.82 Å². The maximum absolute atomic E-state index is 5.55. The molecule has 0 fully saturated rings. The molecule has 4 nitrogen and oxygen atoms in total. The van der Waals surface area contributed by atoms with Gasteiger partial charge in [-0.2, -0.15) is 5.10 Å². The monoisotopic (exact) mass is 252 g/mol. The van der Waals surface area contributed by atoms with Crippen LogP contribution in [0, 0.1) is 0 Å². The smallest absolute Gasteiger partial charge is 0.153 e. The first-order valence-corrected chi connectivity index (χ1v) is 4.63. The molecule has 0 amide bonds. The summed E-state index contributed by atoms with van der Waals surface area (Å²) in [5, 5.41) is 11.0. The van der Waals surface area contributed by atoms with Crippen molar-refractivity contribution >= 4 is 30.6 Å². The second-order valence-electron chi connectivity index (χ2n) is 2.89. The number of rotatable bonds is 5. The topological polar surface area (TPSA) is 63.8 Å². The predicted molar refractivity (Wildman–Crippen MR) is 67.8 cm³/mol. The van der Waals surface area contributed by atoms with Crippen molar-refractivity contribution in [3.05, 3.63) is 17.8 Å². The van der Waals surface area contributed by atoms with Crippen LogP contribution in [0.15, 0.2) is 12.3 Å². The fourth-order valence-corrected chi connectivity index (χ4v) is 1.05. The quantitative estimate of drug-likeness (QED) is 0.788. The molecule has 0 aliphatic carbocycles. The third kappa shape index (κ3) is 5.77. The summed E-state index contributed by atoms with van der Waals surface area (Å²) >= 11 is 0. The van der Waals surface area contributed by atoms with E-state index in [-0.39, 0.29) is 24.8 Å². The number of aromatic nitrogens is 2. The van der Waals surface area contributed by atoms with Crippen molar-refractivity contribution in [1.29, 1.82) is 0 Å². The summed E-state index contributed by atoms with van der Waals surface area (Å²) in [4.78, 5) is 0. The van der Waals surface area contributed by atoms with Crippen LogP contribution < -0.4 is 11.1 Å². The molecule has 0 unspecified atom stereocenters. The Bertz CT molecular complexity index is 258. The molecule has 0 aliphatic heterocycles. The average molecular weight is 253 g/mol. The molecule has 0 aliphatic rings. The summed E-state index contributed by atoms with van der Waals surface area (Å²) < 4.78 is 0. The van der Waals surface area contributed by atoms with Gasteiger partial charge in [-0.1, -0.05) is 13.3 Å². The maximum Gasteiger partial charge on any atom is 0.153 e. The van der Waals surface area contributed by atoms with Crippen molar-refractivity contribution in [2.45, 2.75) is 26.3 Å². The molecule has 1 aromatic rings. The highest BCUT2D eigenvalue weighted by atomic mass is 35.5. The molecule has 1 heterocycles. The fraction of sp³-hybridized carbons (Fsp3) is 0.556. The van der Waals surface area contributed by atoms with Crippen molar-refractivity contribution < 1.29 is 0 Å². The molecule has 0 atom stereocenters. The Hall–Kier alpha value is -0.580.